The smallest absolute Gasteiger partial charge is 0.249 e. The Morgan fingerprint density at radius 1 is 1.02 bits per heavy atom. The number of amides is 1. The first-order valence-electron chi connectivity index (χ1n) is 13.7. The molecule has 3 aromatic carbocycles. The van der Waals surface area contributed by atoms with Gasteiger partial charge in [0, 0.05) is 47.5 Å². The van der Waals surface area contributed by atoms with E-state index in [0.29, 0.717) is 11.4 Å². The lowest BCUT2D eigenvalue weighted by Crippen LogP contribution is -2.19. The van der Waals surface area contributed by atoms with Crippen molar-refractivity contribution in [2.45, 2.75) is 33.1 Å². The van der Waals surface area contributed by atoms with E-state index in [2.05, 4.69) is 60.4 Å². The van der Waals surface area contributed by atoms with Crippen molar-refractivity contribution in [1.82, 2.24) is 19.7 Å². The van der Waals surface area contributed by atoms with Crippen LogP contribution in [0.25, 0.3) is 28.0 Å². The number of hydrogen-bond donors (Lipinski definition) is 3. The number of anilines is 2. The molecule has 3 heterocycles. The van der Waals surface area contributed by atoms with Gasteiger partial charge in [0.15, 0.2) is 11.5 Å². The molecule has 2 aromatic heterocycles. The van der Waals surface area contributed by atoms with Crippen molar-refractivity contribution in [1.29, 1.82) is 0 Å². The summed E-state index contributed by atoms with van der Waals surface area (Å²) < 4.78 is 1.97. The fourth-order valence-corrected chi connectivity index (χ4v) is 5.24. The van der Waals surface area contributed by atoms with E-state index in [1.807, 2.05) is 65.3 Å². The molecule has 1 aliphatic rings. The van der Waals surface area contributed by atoms with Crippen molar-refractivity contribution >= 4 is 28.9 Å². The normalized spacial score (nSPS) is 13.2. The van der Waals surface area contributed by atoms with Crippen LogP contribution < -0.4 is 16.4 Å². The number of amidine groups is 1. The molecular formula is C33H33N7O. The van der Waals surface area contributed by atoms with Gasteiger partial charge in [0.1, 0.15) is 5.84 Å². The topological polar surface area (TPSA) is 110 Å². The number of fused-ring (bicyclic) bond motifs is 1. The molecule has 0 fully saturated rings. The van der Waals surface area contributed by atoms with Crippen molar-refractivity contribution in [3.63, 3.8) is 0 Å². The van der Waals surface area contributed by atoms with Crippen molar-refractivity contribution < 1.29 is 4.79 Å². The largest absolute Gasteiger partial charge is 0.368 e. The second kappa shape index (κ2) is 10.2. The Balaban J connectivity index is 1.42. The number of hydrogen-bond acceptors (Lipinski definition) is 6. The molecule has 206 valence electrons. The average molecular weight is 544 g/mol. The minimum atomic E-state index is -0.448. The Morgan fingerprint density at radius 3 is 2.51 bits per heavy atom. The first-order chi connectivity index (χ1) is 19.7. The second-order valence-electron chi connectivity index (χ2n) is 11.3. The van der Waals surface area contributed by atoms with Crippen molar-refractivity contribution in [2.75, 3.05) is 18.4 Å². The summed E-state index contributed by atoms with van der Waals surface area (Å²) >= 11 is 0. The van der Waals surface area contributed by atoms with Crippen LogP contribution in [0.3, 0.4) is 0 Å². The third-order valence-electron chi connectivity index (χ3n) is 7.52. The SMILES string of the molecule is Cc1c(-c2cn3ccnc3c(Nc3ccc(C4=NCCN4)cc3)n2)cccc1-c1cc(C(C)(C)C)ccc1C(N)=O. The van der Waals surface area contributed by atoms with E-state index in [0.717, 1.165) is 69.3 Å². The van der Waals surface area contributed by atoms with Gasteiger partial charge in [0.25, 0.3) is 0 Å². The highest BCUT2D eigenvalue weighted by atomic mass is 16.1. The Bertz CT molecular complexity index is 1810. The lowest BCUT2D eigenvalue weighted by Gasteiger charge is -2.22. The van der Waals surface area contributed by atoms with Crippen LogP contribution in [0.2, 0.25) is 0 Å². The Labute approximate surface area is 239 Å². The van der Waals surface area contributed by atoms with Gasteiger partial charge in [-0.3, -0.25) is 9.79 Å². The van der Waals surface area contributed by atoms with E-state index in [9.17, 15) is 4.79 Å². The molecule has 0 atom stereocenters. The minimum Gasteiger partial charge on any atom is -0.368 e. The van der Waals surface area contributed by atoms with Crippen LogP contribution >= 0.6 is 0 Å². The Kier molecular flexibility index (Phi) is 6.53. The van der Waals surface area contributed by atoms with Gasteiger partial charge in [-0.1, -0.05) is 45.0 Å². The molecule has 5 aromatic rings. The van der Waals surface area contributed by atoms with E-state index >= 15 is 0 Å². The highest BCUT2D eigenvalue weighted by Gasteiger charge is 2.21. The van der Waals surface area contributed by atoms with Crippen LogP contribution in [0.15, 0.2) is 84.2 Å². The lowest BCUT2D eigenvalue weighted by atomic mass is 9.83. The van der Waals surface area contributed by atoms with E-state index in [-0.39, 0.29) is 5.41 Å². The molecule has 0 aliphatic carbocycles. The summed E-state index contributed by atoms with van der Waals surface area (Å²) in [7, 11) is 0. The zero-order valence-corrected chi connectivity index (χ0v) is 23.7. The van der Waals surface area contributed by atoms with Crippen LogP contribution in [0.1, 0.15) is 47.8 Å². The molecule has 8 heteroatoms. The predicted molar refractivity (Wildman–Crippen MR) is 165 cm³/mol. The number of nitrogens with two attached hydrogens (primary N) is 1. The van der Waals surface area contributed by atoms with Gasteiger partial charge in [-0.05, 0) is 71.0 Å². The third kappa shape index (κ3) is 5.04. The van der Waals surface area contributed by atoms with Crippen molar-refractivity contribution in [3.8, 4) is 22.4 Å². The standard InChI is InChI=1S/C33H33N7O/c1-20-24(27-18-22(33(2,3)4)10-13-26(27)29(34)41)6-5-7-25(20)28-19-40-17-16-37-32(40)31(39-28)38-23-11-8-21(9-12-23)30-35-14-15-36-30/h5-13,16-19H,14-15H2,1-4H3,(H2,34,41)(H,35,36)(H,38,39). The summed E-state index contributed by atoms with van der Waals surface area (Å²) in [6, 6.07) is 20.1. The zero-order valence-electron chi connectivity index (χ0n) is 23.7. The van der Waals surface area contributed by atoms with Crippen molar-refractivity contribution in [3.05, 3.63) is 102 Å². The summed E-state index contributed by atoms with van der Waals surface area (Å²) in [5.74, 6) is 1.13. The third-order valence-corrected chi connectivity index (χ3v) is 7.52. The molecule has 0 bridgehead atoms. The number of nitrogens with zero attached hydrogens (tertiary/aromatic N) is 4. The van der Waals surface area contributed by atoms with Gasteiger partial charge in [-0.2, -0.15) is 0 Å². The number of imidazole rings is 1. The van der Waals surface area contributed by atoms with E-state index in [4.69, 9.17) is 10.7 Å². The van der Waals surface area contributed by atoms with E-state index < -0.39 is 5.91 Å². The Morgan fingerprint density at radius 2 is 1.80 bits per heavy atom. The second-order valence-corrected chi connectivity index (χ2v) is 11.3. The molecule has 0 saturated carbocycles. The van der Waals surface area contributed by atoms with Crippen molar-refractivity contribution in [2.24, 2.45) is 10.7 Å². The number of carbonyl (C=O) groups is 1. The molecule has 0 saturated heterocycles. The number of rotatable bonds is 6. The number of nitrogens with one attached hydrogen (secondary N) is 2. The number of benzene rings is 3. The first kappa shape index (κ1) is 26.3. The number of primary amides is 1. The summed E-state index contributed by atoms with van der Waals surface area (Å²) in [6.45, 7) is 10.2. The van der Waals surface area contributed by atoms with Crippen LogP contribution in [-0.2, 0) is 5.41 Å². The van der Waals surface area contributed by atoms with Crippen LogP contribution in [0.4, 0.5) is 11.5 Å². The fraction of sp³-hybridized carbons (Fsp3) is 0.212. The maximum absolute atomic E-state index is 12.4. The van der Waals surface area contributed by atoms with Gasteiger partial charge in [-0.15, -0.1) is 0 Å². The fourth-order valence-electron chi connectivity index (χ4n) is 5.24. The Hall–Kier alpha value is -4.98. The van der Waals surface area contributed by atoms with Gasteiger partial charge in [0.05, 0.1) is 12.2 Å². The monoisotopic (exact) mass is 543 g/mol. The summed E-state index contributed by atoms with van der Waals surface area (Å²) in [6.07, 6.45) is 5.66. The first-order valence-corrected chi connectivity index (χ1v) is 13.7. The molecule has 8 nitrogen and oxygen atoms in total. The number of carbonyl (C=O) groups excluding carboxylic acids is 1. The van der Waals surface area contributed by atoms with Gasteiger partial charge >= 0.3 is 0 Å². The lowest BCUT2D eigenvalue weighted by molar-refractivity contribution is 0.100. The van der Waals surface area contributed by atoms with Crippen LogP contribution in [0.5, 0.6) is 0 Å². The highest BCUT2D eigenvalue weighted by Crippen LogP contribution is 2.36. The summed E-state index contributed by atoms with van der Waals surface area (Å²) in [4.78, 5) is 26.5. The average Bonchev–Trinajstić information content (AvgIpc) is 3.66. The molecule has 4 N–H and O–H groups in total. The van der Waals surface area contributed by atoms with Crippen LogP contribution in [0, 0.1) is 6.92 Å². The van der Waals surface area contributed by atoms with Crippen LogP contribution in [-0.4, -0.2) is 39.2 Å². The number of aromatic nitrogens is 3. The van der Waals surface area contributed by atoms with Gasteiger partial charge in [-0.25, -0.2) is 9.97 Å². The molecule has 0 unspecified atom stereocenters. The van der Waals surface area contributed by atoms with Gasteiger partial charge < -0.3 is 20.8 Å². The maximum atomic E-state index is 12.4. The minimum absolute atomic E-state index is 0.0791. The highest BCUT2D eigenvalue weighted by molar-refractivity contribution is 6.01. The molecule has 1 aliphatic heterocycles. The quantitative estimate of drug-likeness (QED) is 0.248. The summed E-state index contributed by atoms with van der Waals surface area (Å²) in [5, 5.41) is 6.77. The summed E-state index contributed by atoms with van der Waals surface area (Å²) in [5.41, 5.74) is 14.6. The molecular weight excluding hydrogens is 510 g/mol. The van der Waals surface area contributed by atoms with Gasteiger partial charge in [0.2, 0.25) is 5.91 Å². The van der Waals surface area contributed by atoms with E-state index in [1.165, 1.54) is 0 Å². The zero-order chi connectivity index (χ0) is 28.7. The predicted octanol–water partition coefficient (Wildman–Crippen LogP) is 5.86. The molecule has 0 spiro atoms. The maximum Gasteiger partial charge on any atom is 0.249 e. The molecule has 6 rings (SSSR count). The number of aliphatic imine (C=N–C) groups is 1. The molecule has 0 radical (unpaired) electrons. The molecule has 41 heavy (non-hydrogen) atoms. The molecule has 1 amide bonds. The van der Waals surface area contributed by atoms with E-state index in [1.54, 1.807) is 6.20 Å².